The second-order valence-corrected chi connectivity index (χ2v) is 5.13. The quantitative estimate of drug-likeness (QED) is 0.725. The Kier molecular flexibility index (Phi) is 6.37. The Labute approximate surface area is 111 Å². The van der Waals surface area contributed by atoms with Crippen molar-refractivity contribution >= 4 is 0 Å². The standard InChI is InChI=1S/C16H27NO/c1-5-7-10-17-15(6-2)16(18)14-9-8-12(3)11-13(14)4/h8-9,11,15-18H,5-7,10H2,1-4H3. The molecule has 0 fully saturated rings. The van der Waals surface area contributed by atoms with Crippen molar-refractivity contribution in [3.63, 3.8) is 0 Å². The lowest BCUT2D eigenvalue weighted by Gasteiger charge is -2.24. The zero-order valence-corrected chi connectivity index (χ0v) is 12.2. The average molecular weight is 249 g/mol. The summed E-state index contributed by atoms with van der Waals surface area (Å²) in [6.45, 7) is 9.45. The molecule has 0 aliphatic rings. The maximum atomic E-state index is 10.5. The highest BCUT2D eigenvalue weighted by Gasteiger charge is 2.19. The molecule has 2 atom stereocenters. The summed E-state index contributed by atoms with van der Waals surface area (Å²) in [4.78, 5) is 0. The molecule has 2 heteroatoms. The number of nitrogens with one attached hydrogen (secondary N) is 1. The minimum atomic E-state index is -0.410. The molecule has 0 saturated carbocycles. The van der Waals surface area contributed by atoms with E-state index in [0.717, 1.165) is 24.9 Å². The van der Waals surface area contributed by atoms with E-state index in [1.165, 1.54) is 17.5 Å². The van der Waals surface area contributed by atoms with Crippen LogP contribution in [0.5, 0.6) is 0 Å². The molecule has 2 nitrogen and oxygen atoms in total. The second-order valence-electron chi connectivity index (χ2n) is 5.13. The van der Waals surface area contributed by atoms with E-state index >= 15 is 0 Å². The van der Waals surface area contributed by atoms with Gasteiger partial charge in [-0.05, 0) is 44.4 Å². The molecule has 0 spiro atoms. The maximum absolute atomic E-state index is 10.5. The van der Waals surface area contributed by atoms with E-state index in [4.69, 9.17) is 0 Å². The lowest BCUT2D eigenvalue weighted by atomic mass is 9.95. The van der Waals surface area contributed by atoms with Crippen LogP contribution in [0.25, 0.3) is 0 Å². The largest absolute Gasteiger partial charge is 0.387 e. The van der Waals surface area contributed by atoms with Gasteiger partial charge in [0.15, 0.2) is 0 Å². The van der Waals surface area contributed by atoms with E-state index in [0.29, 0.717) is 0 Å². The van der Waals surface area contributed by atoms with Crippen molar-refractivity contribution in [2.45, 2.75) is 59.1 Å². The molecule has 1 aromatic rings. The molecule has 102 valence electrons. The molecule has 0 radical (unpaired) electrons. The molecule has 0 saturated heterocycles. The molecule has 0 heterocycles. The Morgan fingerprint density at radius 2 is 1.94 bits per heavy atom. The van der Waals surface area contributed by atoms with Gasteiger partial charge in [-0.1, -0.05) is 44.0 Å². The van der Waals surface area contributed by atoms with E-state index < -0.39 is 6.10 Å². The van der Waals surface area contributed by atoms with Crippen molar-refractivity contribution < 1.29 is 5.11 Å². The monoisotopic (exact) mass is 249 g/mol. The minimum Gasteiger partial charge on any atom is -0.387 e. The Balaban J connectivity index is 2.73. The minimum absolute atomic E-state index is 0.151. The van der Waals surface area contributed by atoms with E-state index in [1.807, 2.05) is 0 Å². The Bertz CT molecular complexity index is 362. The van der Waals surface area contributed by atoms with Crippen LogP contribution in [0.4, 0.5) is 0 Å². The van der Waals surface area contributed by atoms with Crippen molar-refractivity contribution in [1.29, 1.82) is 0 Å². The van der Waals surface area contributed by atoms with Crippen molar-refractivity contribution in [2.75, 3.05) is 6.54 Å². The first-order chi connectivity index (χ1) is 8.60. The van der Waals surface area contributed by atoms with E-state index in [1.54, 1.807) is 0 Å². The molecule has 0 aliphatic carbocycles. The Morgan fingerprint density at radius 3 is 2.50 bits per heavy atom. The number of benzene rings is 1. The number of aliphatic hydroxyl groups is 1. The Hall–Kier alpha value is -0.860. The van der Waals surface area contributed by atoms with Crippen LogP contribution in [-0.4, -0.2) is 17.7 Å². The van der Waals surface area contributed by atoms with Gasteiger partial charge >= 0.3 is 0 Å². The third kappa shape index (κ3) is 4.11. The number of rotatable bonds is 7. The number of hydrogen-bond donors (Lipinski definition) is 2. The summed E-state index contributed by atoms with van der Waals surface area (Å²) in [6, 6.07) is 6.42. The second kappa shape index (κ2) is 7.55. The fraction of sp³-hybridized carbons (Fsp3) is 0.625. The first-order valence-electron chi connectivity index (χ1n) is 7.08. The number of unbranched alkanes of at least 4 members (excludes halogenated alkanes) is 1. The molecule has 2 N–H and O–H groups in total. The van der Waals surface area contributed by atoms with Crippen LogP contribution in [-0.2, 0) is 0 Å². The lowest BCUT2D eigenvalue weighted by Crippen LogP contribution is -2.35. The molecule has 0 amide bonds. The summed E-state index contributed by atoms with van der Waals surface area (Å²) in [5.41, 5.74) is 3.48. The highest BCUT2D eigenvalue weighted by atomic mass is 16.3. The van der Waals surface area contributed by atoms with Gasteiger partial charge in [-0.2, -0.15) is 0 Å². The summed E-state index contributed by atoms with van der Waals surface area (Å²) in [6.07, 6.45) is 2.88. The molecule has 18 heavy (non-hydrogen) atoms. The SMILES string of the molecule is CCCCNC(CC)C(O)c1ccc(C)cc1C. The Morgan fingerprint density at radius 1 is 1.22 bits per heavy atom. The van der Waals surface area contributed by atoms with Crippen molar-refractivity contribution in [3.8, 4) is 0 Å². The van der Waals surface area contributed by atoms with E-state index in [9.17, 15) is 5.11 Å². The van der Waals surface area contributed by atoms with Gasteiger partial charge in [0.25, 0.3) is 0 Å². The van der Waals surface area contributed by atoms with Crippen LogP contribution in [0.15, 0.2) is 18.2 Å². The fourth-order valence-electron chi connectivity index (χ4n) is 2.32. The lowest BCUT2D eigenvalue weighted by molar-refractivity contribution is 0.125. The number of aryl methyl sites for hydroxylation is 2. The third-order valence-electron chi connectivity index (χ3n) is 3.50. The molecular weight excluding hydrogens is 222 g/mol. The van der Waals surface area contributed by atoms with Gasteiger partial charge in [-0.15, -0.1) is 0 Å². The van der Waals surface area contributed by atoms with Crippen LogP contribution in [0.3, 0.4) is 0 Å². The zero-order valence-electron chi connectivity index (χ0n) is 12.2. The predicted molar refractivity (Wildman–Crippen MR) is 77.9 cm³/mol. The van der Waals surface area contributed by atoms with Crippen molar-refractivity contribution in [1.82, 2.24) is 5.32 Å². The summed E-state index contributed by atoms with van der Waals surface area (Å²) in [5.74, 6) is 0. The maximum Gasteiger partial charge on any atom is 0.0945 e. The molecule has 1 rings (SSSR count). The fourth-order valence-corrected chi connectivity index (χ4v) is 2.32. The van der Waals surface area contributed by atoms with Crippen molar-refractivity contribution in [3.05, 3.63) is 34.9 Å². The molecule has 0 aliphatic heterocycles. The van der Waals surface area contributed by atoms with Crippen LogP contribution in [0.2, 0.25) is 0 Å². The predicted octanol–water partition coefficient (Wildman–Crippen LogP) is 3.51. The molecular formula is C16H27NO. The number of aliphatic hydroxyl groups excluding tert-OH is 1. The summed E-state index contributed by atoms with van der Waals surface area (Å²) in [7, 11) is 0. The van der Waals surface area contributed by atoms with Crippen LogP contribution in [0, 0.1) is 13.8 Å². The molecule has 0 bridgehead atoms. The van der Waals surface area contributed by atoms with Gasteiger partial charge < -0.3 is 10.4 Å². The van der Waals surface area contributed by atoms with Crippen LogP contribution in [0.1, 0.15) is 55.9 Å². The van der Waals surface area contributed by atoms with Gasteiger partial charge in [0.05, 0.1) is 6.10 Å². The first kappa shape index (κ1) is 15.2. The number of hydrogen-bond acceptors (Lipinski definition) is 2. The van der Waals surface area contributed by atoms with Gasteiger partial charge in [-0.3, -0.25) is 0 Å². The topological polar surface area (TPSA) is 32.3 Å². The van der Waals surface area contributed by atoms with Crippen LogP contribution < -0.4 is 5.32 Å². The smallest absolute Gasteiger partial charge is 0.0945 e. The summed E-state index contributed by atoms with van der Waals surface area (Å²) >= 11 is 0. The zero-order chi connectivity index (χ0) is 13.5. The highest BCUT2D eigenvalue weighted by molar-refractivity contribution is 5.32. The van der Waals surface area contributed by atoms with Crippen molar-refractivity contribution in [2.24, 2.45) is 0 Å². The van der Waals surface area contributed by atoms with E-state index in [-0.39, 0.29) is 6.04 Å². The highest BCUT2D eigenvalue weighted by Crippen LogP contribution is 2.23. The first-order valence-corrected chi connectivity index (χ1v) is 7.08. The summed E-state index contributed by atoms with van der Waals surface area (Å²) < 4.78 is 0. The molecule has 1 aromatic carbocycles. The van der Waals surface area contributed by atoms with E-state index in [2.05, 4.69) is 51.2 Å². The molecule has 2 unspecified atom stereocenters. The van der Waals surface area contributed by atoms with Gasteiger partial charge in [0.1, 0.15) is 0 Å². The average Bonchev–Trinajstić information content (AvgIpc) is 2.34. The van der Waals surface area contributed by atoms with Gasteiger partial charge in [-0.25, -0.2) is 0 Å². The normalized spacial score (nSPS) is 14.5. The van der Waals surface area contributed by atoms with Crippen LogP contribution >= 0.6 is 0 Å². The summed E-state index contributed by atoms with van der Waals surface area (Å²) in [5, 5.41) is 13.9. The third-order valence-corrected chi connectivity index (χ3v) is 3.50. The van der Waals surface area contributed by atoms with Gasteiger partial charge in [0.2, 0.25) is 0 Å². The molecule has 0 aromatic heterocycles. The van der Waals surface area contributed by atoms with Gasteiger partial charge in [0, 0.05) is 6.04 Å².